The summed E-state index contributed by atoms with van der Waals surface area (Å²) in [5.74, 6) is -1.77. The molecule has 7 N–H and O–H groups in total. The number of nitrogens with one attached hydrogen (secondary N) is 1. The van der Waals surface area contributed by atoms with E-state index in [0.717, 1.165) is 14.2 Å². The van der Waals surface area contributed by atoms with Crippen molar-refractivity contribution in [2.45, 2.75) is 61.3 Å². The van der Waals surface area contributed by atoms with Crippen LogP contribution in [0.4, 0.5) is 0 Å². The molecule has 0 spiro atoms. The van der Waals surface area contributed by atoms with E-state index < -0.39 is 105 Å². The highest BCUT2D eigenvalue weighted by molar-refractivity contribution is 7.83. The molecule has 0 amide bonds. The van der Waals surface area contributed by atoms with Crippen LogP contribution in [0.5, 0.6) is 0 Å². The number of aliphatic hydroxyl groups excluding tert-OH is 2. The van der Waals surface area contributed by atoms with Gasteiger partial charge in [-0.25, -0.2) is 13.2 Å². The van der Waals surface area contributed by atoms with Crippen LogP contribution >= 0.6 is 0 Å². The van der Waals surface area contributed by atoms with Gasteiger partial charge in [-0.05, 0) is 0 Å². The summed E-state index contributed by atoms with van der Waals surface area (Å²) in [7, 11) is -13.8. The molecular formula is C14H25NO20S3. The molecule has 21 nitrogen and oxygen atoms in total. The van der Waals surface area contributed by atoms with Crippen molar-refractivity contribution in [3.05, 3.63) is 0 Å². The summed E-state index contributed by atoms with van der Waals surface area (Å²) in [6.45, 7) is -1.18. The number of hydrogen-bond acceptors (Lipinski definition) is 16. The Kier molecular flexibility index (Phi) is 10.9. The molecule has 2 rings (SSSR count). The van der Waals surface area contributed by atoms with Crippen molar-refractivity contribution >= 4 is 37.1 Å². The first kappa shape index (κ1) is 33.0. The Morgan fingerprint density at radius 2 is 1.45 bits per heavy atom. The van der Waals surface area contributed by atoms with Gasteiger partial charge in [0, 0.05) is 14.2 Å². The first-order valence-corrected chi connectivity index (χ1v) is 14.1. The minimum atomic E-state index is -5.40. The molecule has 0 saturated carbocycles. The van der Waals surface area contributed by atoms with Crippen LogP contribution in [0.15, 0.2) is 0 Å². The Morgan fingerprint density at radius 3 is 1.89 bits per heavy atom. The summed E-state index contributed by atoms with van der Waals surface area (Å²) < 4.78 is 130. The fourth-order valence-corrected chi connectivity index (χ4v) is 5.06. The van der Waals surface area contributed by atoms with Crippen LogP contribution in [-0.2, 0) is 67.9 Å². The Bertz CT molecular complexity index is 1140. The van der Waals surface area contributed by atoms with Gasteiger partial charge in [-0.1, -0.05) is 0 Å². The van der Waals surface area contributed by atoms with E-state index in [1.807, 2.05) is 0 Å². The highest BCUT2D eigenvalue weighted by atomic mass is 32.3. The van der Waals surface area contributed by atoms with E-state index in [2.05, 4.69) is 8.37 Å². The first-order valence-electron chi connectivity index (χ1n) is 9.91. The van der Waals surface area contributed by atoms with Crippen LogP contribution in [0.1, 0.15) is 0 Å². The van der Waals surface area contributed by atoms with Crippen LogP contribution in [0.25, 0.3) is 0 Å². The van der Waals surface area contributed by atoms with Gasteiger partial charge >= 0.3 is 37.1 Å². The molecule has 2 saturated heterocycles. The fraction of sp³-hybridized carbons (Fsp3) is 0.929. The van der Waals surface area contributed by atoms with E-state index in [0.29, 0.717) is 0 Å². The van der Waals surface area contributed by atoms with Crippen LogP contribution in [0.3, 0.4) is 0 Å². The van der Waals surface area contributed by atoms with Crippen molar-refractivity contribution in [2.24, 2.45) is 0 Å². The summed E-state index contributed by atoms with van der Waals surface area (Å²) in [6.07, 6.45) is -18.7. The second kappa shape index (κ2) is 12.5. The molecule has 38 heavy (non-hydrogen) atoms. The van der Waals surface area contributed by atoms with Crippen LogP contribution in [0.2, 0.25) is 0 Å². The summed E-state index contributed by atoms with van der Waals surface area (Å²) >= 11 is 0. The molecule has 2 aliphatic heterocycles. The van der Waals surface area contributed by atoms with E-state index in [4.69, 9.17) is 37.3 Å². The lowest BCUT2D eigenvalue weighted by Crippen LogP contribution is -2.68. The normalized spacial score (nSPS) is 37.1. The van der Waals surface area contributed by atoms with Gasteiger partial charge in [0.05, 0.1) is 6.61 Å². The average molecular weight is 624 g/mol. The number of ether oxygens (including phenoxy) is 5. The van der Waals surface area contributed by atoms with Crippen molar-refractivity contribution in [3.8, 4) is 0 Å². The maximum atomic E-state index is 11.6. The van der Waals surface area contributed by atoms with Crippen molar-refractivity contribution < 1.29 is 91.1 Å². The molecule has 0 aromatic heterocycles. The maximum Gasteiger partial charge on any atom is 0.397 e. The third kappa shape index (κ3) is 8.91. The van der Waals surface area contributed by atoms with E-state index >= 15 is 0 Å². The monoisotopic (exact) mass is 623 g/mol. The first-order chi connectivity index (χ1) is 17.3. The van der Waals surface area contributed by atoms with Gasteiger partial charge in [0.25, 0.3) is 0 Å². The van der Waals surface area contributed by atoms with Crippen LogP contribution in [0, 0.1) is 0 Å². The molecule has 0 bridgehead atoms. The molecule has 224 valence electrons. The predicted molar refractivity (Wildman–Crippen MR) is 112 cm³/mol. The van der Waals surface area contributed by atoms with Gasteiger partial charge in [-0.2, -0.15) is 30.0 Å². The predicted octanol–water partition coefficient (Wildman–Crippen LogP) is -4.94. The maximum absolute atomic E-state index is 11.6. The molecule has 0 aromatic carbocycles. The number of methoxy groups -OCH3 is 2. The van der Waals surface area contributed by atoms with Crippen LogP contribution in [-0.4, -0.2) is 142 Å². The minimum absolute atomic E-state index is 0.913. The Morgan fingerprint density at radius 1 is 0.842 bits per heavy atom. The topological polar surface area (TPSA) is 318 Å². The van der Waals surface area contributed by atoms with Gasteiger partial charge in [0.2, 0.25) is 0 Å². The smallest absolute Gasteiger partial charge is 0.397 e. The molecule has 2 heterocycles. The van der Waals surface area contributed by atoms with Gasteiger partial charge in [0.15, 0.2) is 24.8 Å². The van der Waals surface area contributed by atoms with Gasteiger partial charge in [-0.3, -0.25) is 13.7 Å². The summed E-state index contributed by atoms with van der Waals surface area (Å²) in [6, 6.07) is -1.93. The standard InChI is InChI=1S/C14H25NO20S3/c1-29-9-7(17)10(35-38(26,27)28)14(34-11(9)12(18)19)33-8-4(3-31-37(23,24)25)32-13(30-2)5(6(8)16)15-36(20,21)22/h4-11,13-17H,3H2,1-2H3,(H,18,19)(H,20,21,22)(H,23,24,25)(H,26,27,28)/t4-,5?,6-,7+,8?,9?,10?,11+,13+,14?/m1/s1. The van der Waals surface area contributed by atoms with E-state index in [-0.39, 0.29) is 0 Å². The summed E-state index contributed by atoms with van der Waals surface area (Å²) in [5, 5.41) is 30.8. The minimum Gasteiger partial charge on any atom is -0.479 e. The Balaban J connectivity index is 2.52. The second-order valence-electron chi connectivity index (χ2n) is 7.64. The highest BCUT2D eigenvalue weighted by Gasteiger charge is 2.55. The Hall–Kier alpha value is -1.20. The zero-order chi connectivity index (χ0) is 29.2. The van der Waals surface area contributed by atoms with E-state index in [1.165, 1.54) is 4.72 Å². The number of rotatable bonds is 12. The molecule has 0 aliphatic carbocycles. The molecule has 2 aliphatic rings. The third-order valence-electron chi connectivity index (χ3n) is 5.13. The van der Waals surface area contributed by atoms with Crippen molar-refractivity contribution in [2.75, 3.05) is 20.8 Å². The number of aliphatic hydroxyl groups is 2. The van der Waals surface area contributed by atoms with Crippen LogP contribution < -0.4 is 4.72 Å². The largest absolute Gasteiger partial charge is 0.479 e. The van der Waals surface area contributed by atoms with Gasteiger partial charge in [0.1, 0.15) is 36.6 Å². The number of carboxylic acids is 1. The molecule has 2 fully saturated rings. The average Bonchev–Trinajstić information content (AvgIpc) is 2.75. The molecule has 24 heteroatoms. The number of hydrogen-bond donors (Lipinski definition) is 7. The number of carbonyl (C=O) groups is 1. The van der Waals surface area contributed by atoms with Crippen molar-refractivity contribution in [1.29, 1.82) is 0 Å². The van der Waals surface area contributed by atoms with Gasteiger partial charge in [-0.15, -0.1) is 0 Å². The Labute approximate surface area is 215 Å². The second-order valence-corrected chi connectivity index (χ2v) is 11.0. The molecule has 10 atom stereocenters. The van der Waals surface area contributed by atoms with E-state index in [1.54, 1.807) is 0 Å². The fourth-order valence-electron chi connectivity index (χ4n) is 3.67. The zero-order valence-corrected chi connectivity index (χ0v) is 21.6. The van der Waals surface area contributed by atoms with Crippen molar-refractivity contribution in [1.82, 2.24) is 4.72 Å². The number of carboxylic acid groups (broad SMARTS) is 1. The third-order valence-corrected chi connectivity index (χ3v) is 6.60. The summed E-state index contributed by atoms with van der Waals surface area (Å²) in [5.41, 5.74) is 0. The number of aliphatic carboxylic acids is 1. The van der Waals surface area contributed by atoms with E-state index in [9.17, 15) is 45.4 Å². The quantitative estimate of drug-likeness (QED) is 0.100. The molecule has 0 radical (unpaired) electrons. The lowest BCUT2D eigenvalue weighted by molar-refractivity contribution is -0.339. The van der Waals surface area contributed by atoms with Gasteiger partial charge < -0.3 is 39.0 Å². The van der Waals surface area contributed by atoms with Crippen molar-refractivity contribution in [3.63, 3.8) is 0 Å². The SMILES string of the molecule is COC1[C@H](O)C(OS(=O)(=O)O)C(OC2[C@H](O)C(NS(=O)(=O)O)[C@@H](OC)O[C@@H]2COS(=O)(=O)O)O[C@@H]1C(=O)O. The molecule has 5 unspecified atom stereocenters. The lowest BCUT2D eigenvalue weighted by Gasteiger charge is -2.47. The summed E-state index contributed by atoms with van der Waals surface area (Å²) in [4.78, 5) is 11.6. The highest BCUT2D eigenvalue weighted by Crippen LogP contribution is 2.32. The molecule has 0 aromatic rings. The zero-order valence-electron chi connectivity index (χ0n) is 19.1. The molecular weight excluding hydrogens is 598 g/mol. The lowest BCUT2D eigenvalue weighted by atomic mass is 9.96.